The third-order valence-electron chi connectivity index (χ3n) is 4.69. The summed E-state index contributed by atoms with van der Waals surface area (Å²) in [5, 5.41) is 2.83. The minimum absolute atomic E-state index is 0.00150. The summed E-state index contributed by atoms with van der Waals surface area (Å²) < 4.78 is 26.4. The molecule has 29 heavy (non-hydrogen) atoms. The Morgan fingerprint density at radius 2 is 1.66 bits per heavy atom. The van der Waals surface area contributed by atoms with E-state index in [1.54, 1.807) is 38.5 Å². The smallest absolute Gasteiger partial charge is 0.343 e. The number of benzene rings is 2. The van der Waals surface area contributed by atoms with Crippen LogP contribution in [0.1, 0.15) is 34.0 Å². The summed E-state index contributed by atoms with van der Waals surface area (Å²) in [6.07, 6.45) is -0.677. The molecule has 1 atom stereocenters. The molecule has 1 heterocycles. The van der Waals surface area contributed by atoms with Gasteiger partial charge in [0, 0.05) is 12.1 Å². The van der Waals surface area contributed by atoms with Gasteiger partial charge in [0.15, 0.2) is 23.0 Å². The zero-order valence-corrected chi connectivity index (χ0v) is 16.7. The van der Waals surface area contributed by atoms with Gasteiger partial charge in [-0.2, -0.15) is 0 Å². The van der Waals surface area contributed by atoms with E-state index in [1.807, 2.05) is 6.07 Å². The van der Waals surface area contributed by atoms with Crippen molar-refractivity contribution in [1.82, 2.24) is 5.32 Å². The van der Waals surface area contributed by atoms with Gasteiger partial charge in [-0.05, 0) is 23.8 Å². The molecule has 0 spiro atoms. The molecule has 0 bridgehead atoms. The highest BCUT2D eigenvalue weighted by Crippen LogP contribution is 2.42. The molecule has 0 unspecified atom stereocenters. The highest BCUT2D eigenvalue weighted by molar-refractivity contribution is 5.98. The fraction of sp³-hybridized carbons (Fsp3) is 0.333. The van der Waals surface area contributed by atoms with E-state index in [9.17, 15) is 9.59 Å². The largest absolute Gasteiger partial charge is 0.493 e. The third-order valence-corrected chi connectivity index (χ3v) is 4.69. The average Bonchev–Trinajstić information content (AvgIpc) is 3.06. The second-order valence-electron chi connectivity index (χ2n) is 6.33. The van der Waals surface area contributed by atoms with Crippen molar-refractivity contribution < 1.29 is 33.3 Å². The molecule has 8 heteroatoms. The van der Waals surface area contributed by atoms with Gasteiger partial charge in [-0.3, -0.25) is 4.79 Å². The van der Waals surface area contributed by atoms with Gasteiger partial charge in [-0.25, -0.2) is 4.79 Å². The first-order valence-corrected chi connectivity index (χ1v) is 8.95. The Bertz CT molecular complexity index is 925. The summed E-state index contributed by atoms with van der Waals surface area (Å²) in [5.41, 5.74) is 1.75. The first kappa shape index (κ1) is 20.3. The number of carbonyl (C=O) groups excluding carboxylic acids is 2. The lowest BCUT2D eigenvalue weighted by Crippen LogP contribution is -2.24. The number of ether oxygens (including phenoxy) is 5. The van der Waals surface area contributed by atoms with Gasteiger partial charge in [0.2, 0.25) is 5.91 Å². The zero-order chi connectivity index (χ0) is 21.0. The molecule has 1 aliphatic rings. The molecule has 154 valence electrons. The normalized spacial score (nSPS) is 14.6. The Labute approximate surface area is 168 Å². The van der Waals surface area contributed by atoms with Crippen molar-refractivity contribution in [2.75, 3.05) is 28.4 Å². The van der Waals surface area contributed by atoms with Gasteiger partial charge in [0.1, 0.15) is 11.7 Å². The van der Waals surface area contributed by atoms with E-state index in [0.29, 0.717) is 40.7 Å². The minimum Gasteiger partial charge on any atom is -0.493 e. The quantitative estimate of drug-likeness (QED) is 0.680. The Hall–Kier alpha value is -3.42. The fourth-order valence-corrected chi connectivity index (χ4v) is 3.26. The predicted octanol–water partition coefficient (Wildman–Crippen LogP) is 2.64. The van der Waals surface area contributed by atoms with E-state index in [1.165, 1.54) is 14.2 Å². The molecule has 2 aromatic carbocycles. The maximum Gasteiger partial charge on any atom is 0.343 e. The summed E-state index contributed by atoms with van der Waals surface area (Å²) in [5.74, 6) is 1.15. The maximum atomic E-state index is 12.4. The van der Waals surface area contributed by atoms with Crippen molar-refractivity contribution >= 4 is 11.9 Å². The highest BCUT2D eigenvalue weighted by Gasteiger charge is 2.36. The van der Waals surface area contributed by atoms with Crippen LogP contribution >= 0.6 is 0 Å². The molecule has 0 aromatic heterocycles. The molecule has 0 aliphatic carbocycles. The van der Waals surface area contributed by atoms with Crippen LogP contribution in [0.5, 0.6) is 23.0 Å². The van der Waals surface area contributed by atoms with Crippen LogP contribution in [0.3, 0.4) is 0 Å². The second-order valence-corrected chi connectivity index (χ2v) is 6.33. The molecule has 3 rings (SSSR count). The Balaban J connectivity index is 1.68. The van der Waals surface area contributed by atoms with Crippen molar-refractivity contribution in [2.45, 2.75) is 19.1 Å². The average molecular weight is 401 g/mol. The van der Waals surface area contributed by atoms with Crippen LogP contribution in [0.15, 0.2) is 30.3 Å². The van der Waals surface area contributed by atoms with Crippen molar-refractivity contribution in [2.24, 2.45) is 0 Å². The SMILES string of the molecule is COc1ccc(CNC(=O)C[C@@H]2OC(=O)c3c2ccc(OC)c3OC)cc1OC. The van der Waals surface area contributed by atoms with Crippen LogP contribution in [-0.4, -0.2) is 40.3 Å². The Morgan fingerprint density at radius 3 is 2.31 bits per heavy atom. The van der Waals surface area contributed by atoms with E-state index < -0.39 is 12.1 Å². The minimum atomic E-state index is -0.678. The monoisotopic (exact) mass is 401 g/mol. The Morgan fingerprint density at radius 1 is 0.966 bits per heavy atom. The summed E-state index contributed by atoms with van der Waals surface area (Å²) in [4.78, 5) is 24.7. The molecule has 2 aromatic rings. The van der Waals surface area contributed by atoms with Gasteiger partial charge in [0.25, 0.3) is 0 Å². The zero-order valence-electron chi connectivity index (χ0n) is 16.7. The second kappa shape index (κ2) is 8.72. The molecule has 1 amide bonds. The van der Waals surface area contributed by atoms with Crippen LogP contribution in [0, 0.1) is 0 Å². The molecule has 0 radical (unpaired) electrons. The Kier molecular flexibility index (Phi) is 6.11. The third kappa shape index (κ3) is 4.06. The van der Waals surface area contributed by atoms with Gasteiger partial charge in [-0.1, -0.05) is 12.1 Å². The molecule has 8 nitrogen and oxygen atoms in total. The van der Waals surface area contributed by atoms with Crippen LogP contribution < -0.4 is 24.3 Å². The van der Waals surface area contributed by atoms with E-state index in [0.717, 1.165) is 5.56 Å². The number of carbonyl (C=O) groups is 2. The number of nitrogens with one attached hydrogen (secondary N) is 1. The van der Waals surface area contributed by atoms with Crippen LogP contribution in [0.2, 0.25) is 0 Å². The van der Waals surface area contributed by atoms with Gasteiger partial charge in [-0.15, -0.1) is 0 Å². The number of fused-ring (bicyclic) bond motifs is 1. The summed E-state index contributed by atoms with van der Waals surface area (Å²) in [7, 11) is 6.05. The number of hydrogen-bond donors (Lipinski definition) is 1. The lowest BCUT2D eigenvalue weighted by atomic mass is 10.0. The molecule has 0 saturated carbocycles. The van der Waals surface area contributed by atoms with E-state index >= 15 is 0 Å². The standard InChI is InChI=1S/C21H23NO7/c1-25-14-7-5-12(9-17(14)27-3)11-22-18(23)10-16-13-6-8-15(26-2)20(28-4)19(13)21(24)29-16/h5-9,16H,10-11H2,1-4H3,(H,22,23)/t16-/m0/s1. The van der Waals surface area contributed by atoms with Crippen molar-refractivity contribution in [3.05, 3.63) is 47.0 Å². The number of amides is 1. The predicted molar refractivity (Wildman–Crippen MR) is 104 cm³/mol. The summed E-state index contributed by atoms with van der Waals surface area (Å²) in [6, 6.07) is 8.81. The van der Waals surface area contributed by atoms with Crippen molar-refractivity contribution in [3.63, 3.8) is 0 Å². The number of cyclic esters (lactones) is 1. The van der Waals surface area contributed by atoms with E-state index in [2.05, 4.69) is 5.32 Å². The lowest BCUT2D eigenvalue weighted by Gasteiger charge is -2.13. The number of methoxy groups -OCH3 is 4. The maximum absolute atomic E-state index is 12.4. The van der Waals surface area contributed by atoms with Gasteiger partial charge in [0.05, 0.1) is 34.9 Å². The highest BCUT2D eigenvalue weighted by atomic mass is 16.6. The van der Waals surface area contributed by atoms with Gasteiger partial charge >= 0.3 is 5.97 Å². The number of esters is 1. The van der Waals surface area contributed by atoms with Crippen LogP contribution in [-0.2, 0) is 16.1 Å². The molecule has 1 N–H and O–H groups in total. The number of rotatable bonds is 8. The van der Waals surface area contributed by atoms with Gasteiger partial charge < -0.3 is 29.0 Å². The first-order valence-electron chi connectivity index (χ1n) is 8.95. The van der Waals surface area contributed by atoms with Crippen molar-refractivity contribution in [3.8, 4) is 23.0 Å². The molecular formula is C21H23NO7. The van der Waals surface area contributed by atoms with Crippen LogP contribution in [0.4, 0.5) is 0 Å². The van der Waals surface area contributed by atoms with Crippen molar-refractivity contribution in [1.29, 1.82) is 0 Å². The summed E-state index contributed by atoms with van der Waals surface area (Å²) >= 11 is 0. The first-order chi connectivity index (χ1) is 14.0. The van der Waals surface area contributed by atoms with Crippen LogP contribution in [0.25, 0.3) is 0 Å². The molecular weight excluding hydrogens is 378 g/mol. The fourth-order valence-electron chi connectivity index (χ4n) is 3.26. The molecule has 0 saturated heterocycles. The molecule has 0 fully saturated rings. The topological polar surface area (TPSA) is 92.3 Å². The van der Waals surface area contributed by atoms with E-state index in [-0.39, 0.29) is 12.3 Å². The number of hydrogen-bond acceptors (Lipinski definition) is 7. The summed E-state index contributed by atoms with van der Waals surface area (Å²) in [6.45, 7) is 0.304. The lowest BCUT2D eigenvalue weighted by molar-refractivity contribution is -0.123. The molecule has 1 aliphatic heterocycles. The van der Waals surface area contributed by atoms with E-state index in [4.69, 9.17) is 23.7 Å².